The Morgan fingerprint density at radius 2 is 1.91 bits per heavy atom. The predicted octanol–water partition coefficient (Wildman–Crippen LogP) is 5.83. The zero-order valence-electron chi connectivity index (χ0n) is 13.3. The van der Waals surface area contributed by atoms with Crippen molar-refractivity contribution < 1.29 is 0 Å². The summed E-state index contributed by atoms with van der Waals surface area (Å²) in [5.74, 6) is 0. The molecule has 0 fully saturated rings. The number of nitrogens with zero attached hydrogens (tertiary/aromatic N) is 1. The second kappa shape index (κ2) is 5.67. The number of fused-ring (bicyclic) bond motifs is 1. The summed E-state index contributed by atoms with van der Waals surface area (Å²) in [6.45, 7) is 4.29. The molecule has 0 atom stereocenters. The van der Waals surface area contributed by atoms with Crippen LogP contribution in [0.3, 0.4) is 0 Å². The zero-order chi connectivity index (χ0) is 15.8. The van der Waals surface area contributed by atoms with Crippen molar-refractivity contribution in [1.29, 1.82) is 0 Å². The van der Waals surface area contributed by atoms with Gasteiger partial charge in [-0.3, -0.25) is 0 Å². The van der Waals surface area contributed by atoms with Crippen LogP contribution in [-0.2, 0) is 6.42 Å². The van der Waals surface area contributed by atoms with Crippen LogP contribution in [0.4, 0.5) is 0 Å². The summed E-state index contributed by atoms with van der Waals surface area (Å²) in [4.78, 5) is 8.28. The number of para-hydroxylation sites is 1. The van der Waals surface area contributed by atoms with Crippen molar-refractivity contribution in [3.63, 3.8) is 0 Å². The number of H-pyrrole nitrogens is 1. The van der Waals surface area contributed by atoms with Gasteiger partial charge in [0, 0.05) is 33.6 Å². The lowest BCUT2D eigenvalue weighted by atomic mass is 10.1. The fourth-order valence-electron chi connectivity index (χ4n) is 2.95. The molecule has 2 aromatic carbocycles. The van der Waals surface area contributed by atoms with E-state index in [1.54, 1.807) is 11.3 Å². The Morgan fingerprint density at radius 3 is 2.70 bits per heavy atom. The van der Waals surface area contributed by atoms with Gasteiger partial charge in [-0.05, 0) is 18.9 Å². The lowest BCUT2D eigenvalue weighted by Gasteiger charge is -2.00. The van der Waals surface area contributed by atoms with Gasteiger partial charge in [0.1, 0.15) is 5.01 Å². The number of aryl methyl sites for hydroxylation is 2. The first-order valence-corrected chi connectivity index (χ1v) is 8.76. The molecule has 0 aliphatic rings. The molecule has 0 aliphatic heterocycles. The van der Waals surface area contributed by atoms with Crippen molar-refractivity contribution in [3.8, 4) is 21.8 Å². The summed E-state index contributed by atoms with van der Waals surface area (Å²) in [7, 11) is 0. The smallest absolute Gasteiger partial charge is 0.124 e. The van der Waals surface area contributed by atoms with Gasteiger partial charge in [-0.25, -0.2) is 4.98 Å². The molecule has 23 heavy (non-hydrogen) atoms. The number of aromatic amines is 1. The van der Waals surface area contributed by atoms with E-state index in [4.69, 9.17) is 4.98 Å². The molecule has 0 aliphatic carbocycles. The molecular weight excluding hydrogens is 300 g/mol. The molecule has 3 heteroatoms. The van der Waals surface area contributed by atoms with Crippen LogP contribution in [-0.4, -0.2) is 9.97 Å². The van der Waals surface area contributed by atoms with Crippen LogP contribution in [0, 0.1) is 6.92 Å². The van der Waals surface area contributed by atoms with Crippen LogP contribution in [0.25, 0.3) is 32.7 Å². The Balaban J connectivity index is 1.79. The molecule has 0 radical (unpaired) electrons. The monoisotopic (exact) mass is 318 g/mol. The van der Waals surface area contributed by atoms with Gasteiger partial charge in [0.15, 0.2) is 0 Å². The topological polar surface area (TPSA) is 28.7 Å². The second-order valence-corrected chi connectivity index (χ2v) is 6.66. The molecule has 0 amide bonds. The van der Waals surface area contributed by atoms with Crippen LogP contribution in [0.2, 0.25) is 0 Å². The standard InChI is InChI=1S/C20H18N2S/c1-3-14-5-4-6-16-17(11-21-19(14)16)18-12-23-20(22-18)15-9-7-13(2)8-10-15/h4-12,21H,3H2,1-2H3. The highest BCUT2D eigenvalue weighted by Crippen LogP contribution is 2.34. The minimum Gasteiger partial charge on any atom is -0.360 e. The van der Waals surface area contributed by atoms with Crippen molar-refractivity contribution in [1.82, 2.24) is 9.97 Å². The van der Waals surface area contributed by atoms with Gasteiger partial charge >= 0.3 is 0 Å². The highest BCUT2D eigenvalue weighted by Gasteiger charge is 2.12. The highest BCUT2D eigenvalue weighted by atomic mass is 32.1. The Labute approximate surface area is 139 Å². The first-order valence-electron chi connectivity index (χ1n) is 7.88. The van der Waals surface area contributed by atoms with E-state index in [-0.39, 0.29) is 0 Å². The summed E-state index contributed by atoms with van der Waals surface area (Å²) < 4.78 is 0. The average molecular weight is 318 g/mol. The van der Waals surface area contributed by atoms with Gasteiger partial charge in [0.05, 0.1) is 5.69 Å². The van der Waals surface area contributed by atoms with Gasteiger partial charge < -0.3 is 4.98 Å². The fraction of sp³-hybridized carbons (Fsp3) is 0.150. The predicted molar refractivity (Wildman–Crippen MR) is 99.0 cm³/mol. The van der Waals surface area contributed by atoms with Crippen molar-refractivity contribution >= 4 is 22.2 Å². The second-order valence-electron chi connectivity index (χ2n) is 5.80. The Hall–Kier alpha value is -2.39. The van der Waals surface area contributed by atoms with Crippen molar-refractivity contribution in [2.24, 2.45) is 0 Å². The van der Waals surface area contributed by atoms with Crippen LogP contribution >= 0.6 is 11.3 Å². The van der Waals surface area contributed by atoms with Crippen molar-refractivity contribution in [2.45, 2.75) is 20.3 Å². The quantitative estimate of drug-likeness (QED) is 0.506. The fourth-order valence-corrected chi connectivity index (χ4v) is 3.78. The third kappa shape index (κ3) is 2.47. The summed E-state index contributed by atoms with van der Waals surface area (Å²) in [5.41, 5.74) is 7.27. The minimum atomic E-state index is 1.03. The third-order valence-corrected chi connectivity index (χ3v) is 5.15. The molecule has 0 bridgehead atoms. The Morgan fingerprint density at radius 1 is 1.09 bits per heavy atom. The van der Waals surface area contributed by atoms with Gasteiger partial charge in [0.2, 0.25) is 0 Å². The Kier molecular flexibility index (Phi) is 3.50. The molecular formula is C20H18N2S. The van der Waals surface area contributed by atoms with E-state index in [2.05, 4.69) is 72.9 Å². The molecule has 2 heterocycles. The maximum absolute atomic E-state index is 4.86. The van der Waals surface area contributed by atoms with Gasteiger partial charge in [0.25, 0.3) is 0 Å². The molecule has 0 spiro atoms. The van der Waals surface area contributed by atoms with E-state index in [1.165, 1.54) is 33.2 Å². The minimum absolute atomic E-state index is 1.03. The van der Waals surface area contributed by atoms with Crippen LogP contribution in [0.1, 0.15) is 18.1 Å². The number of nitrogens with one attached hydrogen (secondary N) is 1. The maximum Gasteiger partial charge on any atom is 0.124 e. The van der Waals surface area contributed by atoms with E-state index < -0.39 is 0 Å². The van der Waals surface area contributed by atoms with Crippen LogP contribution < -0.4 is 0 Å². The zero-order valence-corrected chi connectivity index (χ0v) is 14.1. The van der Waals surface area contributed by atoms with E-state index in [0.29, 0.717) is 0 Å². The number of aromatic nitrogens is 2. The molecule has 114 valence electrons. The molecule has 4 rings (SSSR count). The third-order valence-electron chi connectivity index (χ3n) is 4.26. The number of thiazole rings is 1. The SMILES string of the molecule is CCc1cccc2c(-c3csc(-c4ccc(C)cc4)n3)c[nH]c12. The molecule has 0 unspecified atom stereocenters. The maximum atomic E-state index is 4.86. The molecule has 2 nitrogen and oxygen atoms in total. The summed E-state index contributed by atoms with van der Waals surface area (Å²) >= 11 is 1.70. The summed E-state index contributed by atoms with van der Waals surface area (Å²) in [6.07, 6.45) is 3.11. The first kappa shape index (κ1) is 14.2. The number of hydrogen-bond donors (Lipinski definition) is 1. The van der Waals surface area contributed by atoms with E-state index in [9.17, 15) is 0 Å². The lowest BCUT2D eigenvalue weighted by molar-refractivity contribution is 1.15. The summed E-state index contributed by atoms with van der Waals surface area (Å²) in [5, 5.41) is 4.47. The highest BCUT2D eigenvalue weighted by molar-refractivity contribution is 7.13. The van der Waals surface area contributed by atoms with Crippen molar-refractivity contribution in [2.75, 3.05) is 0 Å². The molecule has 0 saturated heterocycles. The normalized spacial score (nSPS) is 11.2. The van der Waals surface area contributed by atoms with Gasteiger partial charge in [-0.2, -0.15) is 0 Å². The molecule has 2 aromatic heterocycles. The molecule has 1 N–H and O–H groups in total. The van der Waals surface area contributed by atoms with Crippen molar-refractivity contribution in [3.05, 3.63) is 65.2 Å². The van der Waals surface area contributed by atoms with Crippen LogP contribution in [0.15, 0.2) is 54.0 Å². The number of rotatable bonds is 3. The Bertz CT molecular complexity index is 961. The van der Waals surface area contributed by atoms with E-state index in [0.717, 1.165) is 17.1 Å². The average Bonchev–Trinajstić information content (AvgIpc) is 3.21. The number of benzene rings is 2. The molecule has 0 saturated carbocycles. The lowest BCUT2D eigenvalue weighted by Crippen LogP contribution is -1.82. The first-order chi connectivity index (χ1) is 11.3. The van der Waals surface area contributed by atoms with E-state index in [1.807, 2.05) is 0 Å². The number of hydrogen-bond acceptors (Lipinski definition) is 2. The largest absolute Gasteiger partial charge is 0.360 e. The van der Waals surface area contributed by atoms with Gasteiger partial charge in [-0.1, -0.05) is 55.0 Å². The van der Waals surface area contributed by atoms with E-state index >= 15 is 0 Å². The summed E-state index contributed by atoms with van der Waals surface area (Å²) in [6, 6.07) is 15.0. The van der Waals surface area contributed by atoms with Gasteiger partial charge in [-0.15, -0.1) is 11.3 Å². The molecule has 4 aromatic rings. The van der Waals surface area contributed by atoms with Crippen LogP contribution in [0.5, 0.6) is 0 Å².